The molecule has 8 heteroatoms. The normalized spacial score (nSPS) is 11.2. The van der Waals surface area contributed by atoms with Gasteiger partial charge in [0.25, 0.3) is 0 Å². The smallest absolute Gasteiger partial charge is 0.420 e. The summed E-state index contributed by atoms with van der Waals surface area (Å²) in [6.07, 6.45) is -3.94. The monoisotopic (exact) mass is 303 g/mol. The number of rotatable bonds is 3. The minimum absolute atomic E-state index is 0.0312. The third kappa shape index (κ3) is 3.30. The highest BCUT2D eigenvalue weighted by molar-refractivity contribution is 6.30. The number of halogens is 4. The molecule has 0 aliphatic rings. The summed E-state index contributed by atoms with van der Waals surface area (Å²) in [5, 5.41) is 2.09. The predicted octanol–water partition coefficient (Wildman–Crippen LogP) is 3.90. The molecule has 0 saturated heterocycles. The zero-order valence-electron chi connectivity index (χ0n) is 10.2. The summed E-state index contributed by atoms with van der Waals surface area (Å²) in [5.74, 6) is 0.560. The molecule has 20 heavy (non-hydrogen) atoms. The summed E-state index contributed by atoms with van der Waals surface area (Å²) in [4.78, 5) is 7.16. The third-order valence-electron chi connectivity index (χ3n) is 2.37. The van der Waals surface area contributed by atoms with E-state index in [9.17, 15) is 13.2 Å². The topological polar surface area (TPSA) is 47.0 Å². The molecule has 0 amide bonds. The summed E-state index contributed by atoms with van der Waals surface area (Å²) in [6.45, 7) is 0. The van der Waals surface area contributed by atoms with Crippen LogP contribution in [-0.2, 0) is 6.18 Å². The molecule has 1 aromatic heterocycles. The van der Waals surface area contributed by atoms with E-state index in [1.807, 2.05) is 0 Å². The SMILES string of the molecule is COc1cccc(Nc2ncc(C(F)(F)F)c(Cl)n2)c1. The van der Waals surface area contributed by atoms with Crippen LogP contribution in [0.4, 0.5) is 24.8 Å². The van der Waals surface area contributed by atoms with Crippen molar-refractivity contribution in [3.63, 3.8) is 0 Å². The van der Waals surface area contributed by atoms with E-state index in [0.29, 0.717) is 17.6 Å². The number of alkyl halides is 3. The van der Waals surface area contributed by atoms with Gasteiger partial charge in [0, 0.05) is 18.0 Å². The molecule has 1 aromatic carbocycles. The van der Waals surface area contributed by atoms with Crippen molar-refractivity contribution in [2.24, 2.45) is 0 Å². The summed E-state index contributed by atoms with van der Waals surface area (Å²) >= 11 is 5.50. The van der Waals surface area contributed by atoms with Gasteiger partial charge in [0.2, 0.25) is 5.95 Å². The Morgan fingerprint density at radius 2 is 2.05 bits per heavy atom. The maximum absolute atomic E-state index is 12.5. The Morgan fingerprint density at radius 1 is 1.30 bits per heavy atom. The van der Waals surface area contributed by atoms with E-state index in [1.54, 1.807) is 24.3 Å². The summed E-state index contributed by atoms with van der Waals surface area (Å²) in [5.41, 5.74) is -0.504. The van der Waals surface area contributed by atoms with Crippen LogP contribution < -0.4 is 10.1 Å². The van der Waals surface area contributed by atoms with Gasteiger partial charge in [0.05, 0.1) is 7.11 Å². The molecule has 1 N–H and O–H groups in total. The highest BCUT2D eigenvalue weighted by Gasteiger charge is 2.34. The van der Waals surface area contributed by atoms with Crippen LogP contribution >= 0.6 is 11.6 Å². The maximum atomic E-state index is 12.5. The van der Waals surface area contributed by atoms with Gasteiger partial charge in [-0.25, -0.2) is 9.97 Å². The Morgan fingerprint density at radius 3 is 2.65 bits per heavy atom. The van der Waals surface area contributed by atoms with E-state index in [-0.39, 0.29) is 5.95 Å². The number of hydrogen-bond donors (Lipinski definition) is 1. The fourth-order valence-corrected chi connectivity index (χ4v) is 1.68. The lowest BCUT2D eigenvalue weighted by atomic mass is 10.3. The molecular weight excluding hydrogens is 295 g/mol. The minimum atomic E-state index is -4.58. The molecule has 1 heterocycles. The maximum Gasteiger partial charge on any atom is 0.420 e. The number of hydrogen-bond acceptors (Lipinski definition) is 4. The lowest BCUT2D eigenvalue weighted by Crippen LogP contribution is -2.09. The van der Waals surface area contributed by atoms with Crippen LogP contribution in [0, 0.1) is 0 Å². The van der Waals surface area contributed by atoms with Crippen molar-refractivity contribution in [3.8, 4) is 5.75 Å². The quantitative estimate of drug-likeness (QED) is 0.874. The standard InChI is InChI=1S/C12H9ClF3N3O/c1-20-8-4-2-3-7(5-8)18-11-17-6-9(10(13)19-11)12(14,15)16/h2-6H,1H3,(H,17,18,19). The largest absolute Gasteiger partial charge is 0.497 e. The van der Waals surface area contributed by atoms with E-state index in [2.05, 4.69) is 15.3 Å². The molecule has 0 radical (unpaired) electrons. The Balaban J connectivity index is 2.24. The average Bonchev–Trinajstić information content (AvgIpc) is 2.37. The van der Waals surface area contributed by atoms with Crippen LogP contribution in [0.2, 0.25) is 5.15 Å². The molecule has 2 rings (SSSR count). The first-order valence-electron chi connectivity index (χ1n) is 5.41. The van der Waals surface area contributed by atoms with Crippen molar-refractivity contribution in [3.05, 3.63) is 41.2 Å². The fraction of sp³-hybridized carbons (Fsp3) is 0.167. The summed E-state index contributed by atoms with van der Waals surface area (Å²) in [6, 6.07) is 6.78. The average molecular weight is 304 g/mol. The molecule has 4 nitrogen and oxygen atoms in total. The molecule has 0 aliphatic heterocycles. The molecule has 2 aromatic rings. The molecule has 0 aliphatic carbocycles. The second kappa shape index (κ2) is 5.54. The second-order valence-corrected chi connectivity index (χ2v) is 4.11. The fourth-order valence-electron chi connectivity index (χ4n) is 1.44. The van der Waals surface area contributed by atoms with E-state index < -0.39 is 16.9 Å². The van der Waals surface area contributed by atoms with Crippen molar-refractivity contribution in [2.45, 2.75) is 6.18 Å². The first kappa shape index (κ1) is 14.4. The number of nitrogens with one attached hydrogen (secondary N) is 1. The van der Waals surface area contributed by atoms with Gasteiger partial charge >= 0.3 is 6.18 Å². The zero-order valence-corrected chi connectivity index (χ0v) is 11.0. The first-order chi connectivity index (χ1) is 9.40. The third-order valence-corrected chi connectivity index (χ3v) is 2.66. The molecule has 0 unspecified atom stereocenters. The van der Waals surface area contributed by atoms with Crippen molar-refractivity contribution < 1.29 is 17.9 Å². The number of methoxy groups -OCH3 is 1. The van der Waals surface area contributed by atoms with Crippen LogP contribution in [0.1, 0.15) is 5.56 Å². The van der Waals surface area contributed by atoms with E-state index >= 15 is 0 Å². The number of benzene rings is 1. The Hall–Kier alpha value is -2.02. The molecule has 106 valence electrons. The second-order valence-electron chi connectivity index (χ2n) is 3.75. The van der Waals surface area contributed by atoms with Crippen molar-refractivity contribution in [1.29, 1.82) is 0 Å². The van der Waals surface area contributed by atoms with Gasteiger partial charge in [-0.3, -0.25) is 0 Å². The van der Waals surface area contributed by atoms with Gasteiger partial charge in [-0.05, 0) is 12.1 Å². The van der Waals surface area contributed by atoms with Crippen LogP contribution in [0.3, 0.4) is 0 Å². The van der Waals surface area contributed by atoms with Crippen molar-refractivity contribution in [2.75, 3.05) is 12.4 Å². The van der Waals surface area contributed by atoms with E-state index in [4.69, 9.17) is 16.3 Å². The lowest BCUT2D eigenvalue weighted by Gasteiger charge is -2.10. The van der Waals surface area contributed by atoms with Gasteiger partial charge in [-0.15, -0.1) is 0 Å². The zero-order chi connectivity index (χ0) is 14.8. The number of anilines is 2. The van der Waals surface area contributed by atoms with Crippen LogP contribution in [0.5, 0.6) is 5.75 Å². The molecular formula is C12H9ClF3N3O. The number of nitrogens with zero attached hydrogens (tertiary/aromatic N) is 2. The van der Waals surface area contributed by atoms with Gasteiger partial charge < -0.3 is 10.1 Å². The Kier molecular flexibility index (Phi) is 3.99. The van der Waals surface area contributed by atoms with Gasteiger partial charge in [-0.2, -0.15) is 13.2 Å². The van der Waals surface area contributed by atoms with Crippen LogP contribution in [-0.4, -0.2) is 17.1 Å². The number of aromatic nitrogens is 2. The highest BCUT2D eigenvalue weighted by atomic mass is 35.5. The van der Waals surface area contributed by atoms with Gasteiger partial charge in [-0.1, -0.05) is 17.7 Å². The minimum Gasteiger partial charge on any atom is -0.497 e. The number of ether oxygens (including phenoxy) is 1. The predicted molar refractivity (Wildman–Crippen MR) is 68.3 cm³/mol. The van der Waals surface area contributed by atoms with Gasteiger partial charge in [0.15, 0.2) is 0 Å². The van der Waals surface area contributed by atoms with Crippen LogP contribution in [0.15, 0.2) is 30.5 Å². The highest BCUT2D eigenvalue weighted by Crippen LogP contribution is 2.33. The van der Waals surface area contributed by atoms with Gasteiger partial charge in [0.1, 0.15) is 16.5 Å². The molecule has 0 bridgehead atoms. The van der Waals surface area contributed by atoms with Crippen molar-refractivity contribution >= 4 is 23.2 Å². The van der Waals surface area contributed by atoms with Crippen LogP contribution in [0.25, 0.3) is 0 Å². The molecule has 0 atom stereocenters. The first-order valence-corrected chi connectivity index (χ1v) is 5.79. The Bertz CT molecular complexity index is 619. The molecule has 0 fully saturated rings. The Labute approximate surface area is 117 Å². The van der Waals surface area contributed by atoms with E-state index in [1.165, 1.54) is 7.11 Å². The molecule has 0 saturated carbocycles. The van der Waals surface area contributed by atoms with Crippen molar-refractivity contribution in [1.82, 2.24) is 9.97 Å². The van der Waals surface area contributed by atoms with E-state index in [0.717, 1.165) is 0 Å². The molecule has 0 spiro atoms. The summed E-state index contributed by atoms with van der Waals surface area (Å²) < 4.78 is 42.5. The summed E-state index contributed by atoms with van der Waals surface area (Å²) in [7, 11) is 1.50. The lowest BCUT2D eigenvalue weighted by molar-refractivity contribution is -0.137.